The van der Waals surface area contributed by atoms with Crippen molar-refractivity contribution >= 4 is 22.8 Å². The van der Waals surface area contributed by atoms with E-state index in [0.29, 0.717) is 11.1 Å². The second kappa shape index (κ2) is 13.4. The summed E-state index contributed by atoms with van der Waals surface area (Å²) >= 11 is 0. The minimum atomic E-state index is 0.0404. The molecule has 36 heavy (non-hydrogen) atoms. The first-order valence-electron chi connectivity index (χ1n) is 13.0. The molecule has 188 valence electrons. The molecule has 0 saturated carbocycles. The smallest absolute Gasteiger partial charge is 0.193 e. The third-order valence-electron chi connectivity index (χ3n) is 5.71. The van der Waals surface area contributed by atoms with E-state index < -0.39 is 0 Å². The van der Waals surface area contributed by atoms with Crippen LogP contribution in [0.1, 0.15) is 75.5 Å². The maximum atomic E-state index is 13.1. The van der Waals surface area contributed by atoms with Crippen molar-refractivity contribution in [2.75, 3.05) is 4.90 Å². The van der Waals surface area contributed by atoms with Crippen molar-refractivity contribution < 1.29 is 4.79 Å². The average molecular weight is 480 g/mol. The van der Waals surface area contributed by atoms with E-state index in [4.69, 9.17) is 0 Å². The van der Waals surface area contributed by atoms with Crippen LogP contribution in [0.25, 0.3) is 0 Å². The molecule has 0 saturated heterocycles. The highest BCUT2D eigenvalue weighted by Gasteiger charge is 2.16. The van der Waals surface area contributed by atoms with Crippen LogP contribution in [-0.4, -0.2) is 5.78 Å². The fourth-order valence-corrected chi connectivity index (χ4v) is 3.77. The molecule has 4 aromatic rings. The fourth-order valence-electron chi connectivity index (χ4n) is 3.77. The molecule has 2 heteroatoms. The Morgan fingerprint density at radius 1 is 0.556 bits per heavy atom. The molecule has 0 spiro atoms. The van der Waals surface area contributed by atoms with Crippen molar-refractivity contribution in [2.45, 2.75) is 60.8 Å². The van der Waals surface area contributed by atoms with Crippen molar-refractivity contribution in [2.24, 2.45) is 0 Å². The van der Waals surface area contributed by atoms with Gasteiger partial charge in [-0.1, -0.05) is 109 Å². The van der Waals surface area contributed by atoms with Crippen molar-refractivity contribution in [1.29, 1.82) is 0 Å². The number of carbonyl (C=O) groups is 1. The van der Waals surface area contributed by atoms with Gasteiger partial charge in [0.1, 0.15) is 0 Å². The zero-order valence-electron chi connectivity index (χ0n) is 23.2. The van der Waals surface area contributed by atoms with Gasteiger partial charge in [0.2, 0.25) is 0 Å². The lowest BCUT2D eigenvalue weighted by molar-refractivity contribution is 0.103. The summed E-state index contributed by atoms with van der Waals surface area (Å²) in [6, 6.07) is 34.6. The van der Waals surface area contributed by atoms with Crippen molar-refractivity contribution in [1.82, 2.24) is 0 Å². The molecule has 0 bridgehead atoms. The molecule has 0 N–H and O–H groups in total. The number of rotatable bonds is 5. The SMILES string of the molecule is CC.CC.Cc1ccc(N(c2ccccc2)c2ccc(C(=O)c3ccc(C(C)(C)C)cc3)cc2)cc1. The van der Waals surface area contributed by atoms with Gasteiger partial charge in [0.25, 0.3) is 0 Å². The number of para-hydroxylation sites is 1. The van der Waals surface area contributed by atoms with Gasteiger partial charge in [-0.05, 0) is 66.4 Å². The predicted octanol–water partition coefficient (Wildman–Crippen LogP) is 10.0. The van der Waals surface area contributed by atoms with E-state index in [2.05, 4.69) is 81.1 Å². The van der Waals surface area contributed by atoms with Crippen LogP contribution in [0.15, 0.2) is 103 Å². The molecular weight excluding hydrogens is 438 g/mol. The van der Waals surface area contributed by atoms with Gasteiger partial charge in [0.05, 0.1) is 0 Å². The summed E-state index contributed by atoms with van der Waals surface area (Å²) in [6.07, 6.45) is 0. The molecule has 4 rings (SSSR count). The van der Waals surface area contributed by atoms with Crippen LogP contribution in [0.2, 0.25) is 0 Å². The Labute approximate surface area is 218 Å². The molecule has 0 aliphatic rings. The Morgan fingerprint density at radius 3 is 1.39 bits per heavy atom. The molecule has 0 atom stereocenters. The number of hydrogen-bond donors (Lipinski definition) is 0. The Morgan fingerprint density at radius 2 is 0.944 bits per heavy atom. The van der Waals surface area contributed by atoms with Crippen molar-refractivity contribution in [3.63, 3.8) is 0 Å². The van der Waals surface area contributed by atoms with E-state index in [9.17, 15) is 4.79 Å². The zero-order chi connectivity index (χ0) is 26.7. The largest absolute Gasteiger partial charge is 0.311 e. The maximum Gasteiger partial charge on any atom is 0.193 e. The van der Waals surface area contributed by atoms with Gasteiger partial charge in [0.15, 0.2) is 5.78 Å². The first kappa shape index (κ1) is 28.6. The number of ketones is 1. The van der Waals surface area contributed by atoms with Gasteiger partial charge in [-0.25, -0.2) is 0 Å². The Kier molecular flexibility index (Phi) is 10.7. The number of carbonyl (C=O) groups excluding carboxylic acids is 1. The molecule has 0 aliphatic heterocycles. The van der Waals surface area contributed by atoms with Crippen LogP contribution in [-0.2, 0) is 5.41 Å². The van der Waals surface area contributed by atoms with Crippen molar-refractivity contribution in [3.8, 4) is 0 Å². The van der Waals surface area contributed by atoms with Gasteiger partial charge in [-0.15, -0.1) is 0 Å². The summed E-state index contributed by atoms with van der Waals surface area (Å²) in [5.74, 6) is 0.0404. The van der Waals surface area contributed by atoms with Crippen LogP contribution < -0.4 is 4.90 Å². The van der Waals surface area contributed by atoms with E-state index >= 15 is 0 Å². The van der Waals surface area contributed by atoms with Crippen LogP contribution in [0.3, 0.4) is 0 Å². The lowest BCUT2D eigenvalue weighted by Gasteiger charge is -2.25. The summed E-state index contributed by atoms with van der Waals surface area (Å²) in [7, 11) is 0. The summed E-state index contributed by atoms with van der Waals surface area (Å²) in [5, 5.41) is 0. The van der Waals surface area contributed by atoms with E-state index in [-0.39, 0.29) is 11.2 Å². The Balaban J connectivity index is 0.00000109. The van der Waals surface area contributed by atoms with Gasteiger partial charge < -0.3 is 4.90 Å². The lowest BCUT2D eigenvalue weighted by atomic mass is 9.86. The van der Waals surface area contributed by atoms with Gasteiger partial charge in [-0.2, -0.15) is 0 Å². The molecule has 0 aromatic heterocycles. The maximum absolute atomic E-state index is 13.1. The summed E-state index contributed by atoms with van der Waals surface area (Å²) in [5.41, 5.74) is 7.09. The third-order valence-corrected chi connectivity index (χ3v) is 5.71. The Bertz CT molecular complexity index is 1180. The van der Waals surface area contributed by atoms with Crippen LogP contribution in [0.5, 0.6) is 0 Å². The molecule has 2 nitrogen and oxygen atoms in total. The second-order valence-electron chi connectivity index (χ2n) is 9.21. The van der Waals surface area contributed by atoms with Crippen molar-refractivity contribution in [3.05, 3.63) is 125 Å². The molecule has 0 heterocycles. The van der Waals surface area contributed by atoms with Gasteiger partial charge in [0, 0.05) is 28.2 Å². The Hall–Kier alpha value is -3.65. The second-order valence-corrected chi connectivity index (χ2v) is 9.21. The summed E-state index contributed by atoms with van der Waals surface area (Å²) in [4.78, 5) is 15.3. The minimum Gasteiger partial charge on any atom is -0.311 e. The van der Waals surface area contributed by atoms with Crippen LogP contribution in [0.4, 0.5) is 17.1 Å². The predicted molar refractivity (Wildman–Crippen MR) is 157 cm³/mol. The highest BCUT2D eigenvalue weighted by molar-refractivity contribution is 6.09. The highest BCUT2D eigenvalue weighted by atomic mass is 16.1. The van der Waals surface area contributed by atoms with E-state index in [0.717, 1.165) is 17.1 Å². The topological polar surface area (TPSA) is 20.3 Å². The average Bonchev–Trinajstić information content (AvgIpc) is 2.92. The van der Waals surface area contributed by atoms with E-state index in [1.54, 1.807) is 0 Å². The normalized spacial score (nSPS) is 10.3. The minimum absolute atomic E-state index is 0.0404. The fraction of sp³-hybridized carbons (Fsp3) is 0.265. The molecule has 0 aliphatic carbocycles. The molecule has 0 fully saturated rings. The number of aryl methyl sites for hydroxylation is 1. The number of hydrogen-bond acceptors (Lipinski definition) is 2. The molecule has 0 radical (unpaired) electrons. The monoisotopic (exact) mass is 479 g/mol. The van der Waals surface area contributed by atoms with Gasteiger partial charge >= 0.3 is 0 Å². The number of nitrogens with zero attached hydrogens (tertiary/aromatic N) is 1. The summed E-state index contributed by atoms with van der Waals surface area (Å²) < 4.78 is 0. The third kappa shape index (κ3) is 7.18. The first-order valence-corrected chi connectivity index (χ1v) is 13.0. The lowest BCUT2D eigenvalue weighted by Crippen LogP contribution is -2.12. The molecule has 4 aromatic carbocycles. The van der Waals surface area contributed by atoms with Crippen LogP contribution >= 0.6 is 0 Å². The van der Waals surface area contributed by atoms with Gasteiger partial charge in [-0.3, -0.25) is 4.79 Å². The van der Waals surface area contributed by atoms with E-state index in [1.807, 2.05) is 82.3 Å². The quantitative estimate of drug-likeness (QED) is 0.265. The standard InChI is InChI=1S/C30H29NO.2C2H6/c1-22-10-18-27(19-11-22)31(26-8-6-5-7-9-26)28-20-14-24(15-21-28)29(32)23-12-16-25(17-13-23)30(2,3)4;2*1-2/h5-21H,1-4H3;2*1-2H3. The first-order chi connectivity index (χ1) is 17.3. The summed E-state index contributed by atoms with van der Waals surface area (Å²) in [6.45, 7) is 16.6. The highest BCUT2D eigenvalue weighted by Crippen LogP contribution is 2.34. The zero-order valence-corrected chi connectivity index (χ0v) is 23.2. The molecule has 0 amide bonds. The van der Waals surface area contributed by atoms with Crippen LogP contribution in [0, 0.1) is 6.92 Å². The number of benzene rings is 4. The van der Waals surface area contributed by atoms with E-state index in [1.165, 1.54) is 11.1 Å². The molecule has 0 unspecified atom stereocenters. The molecular formula is C34H41NO. The number of anilines is 3.